The van der Waals surface area contributed by atoms with E-state index < -0.39 is 0 Å². The zero-order chi connectivity index (χ0) is 13.3. The summed E-state index contributed by atoms with van der Waals surface area (Å²) in [4.78, 5) is 4.42. The normalized spacial score (nSPS) is 11.3. The van der Waals surface area contributed by atoms with E-state index in [0.29, 0.717) is 5.56 Å². The van der Waals surface area contributed by atoms with Crippen molar-refractivity contribution in [3.8, 4) is 11.8 Å². The van der Waals surface area contributed by atoms with Gasteiger partial charge in [0.1, 0.15) is 11.4 Å². The van der Waals surface area contributed by atoms with Gasteiger partial charge in [0.05, 0.1) is 17.1 Å². The second-order valence-electron chi connectivity index (χ2n) is 5.32. The van der Waals surface area contributed by atoms with Crippen molar-refractivity contribution in [2.24, 2.45) is 0 Å². The third-order valence-corrected chi connectivity index (χ3v) is 2.45. The van der Waals surface area contributed by atoms with E-state index in [1.54, 1.807) is 6.07 Å². The van der Waals surface area contributed by atoms with Crippen molar-refractivity contribution in [3.05, 3.63) is 35.5 Å². The number of nitriles is 1. The summed E-state index contributed by atoms with van der Waals surface area (Å²) in [5.41, 5.74) is 2.06. The van der Waals surface area contributed by atoms with Crippen LogP contribution in [-0.2, 0) is 0 Å². The van der Waals surface area contributed by atoms with E-state index in [4.69, 9.17) is 10.00 Å². The van der Waals surface area contributed by atoms with Gasteiger partial charge < -0.3 is 4.74 Å². The van der Waals surface area contributed by atoms with Crippen molar-refractivity contribution in [3.63, 3.8) is 0 Å². The summed E-state index contributed by atoms with van der Waals surface area (Å²) in [5, 5.41) is 10.0. The van der Waals surface area contributed by atoms with Crippen LogP contribution in [0.25, 0.3) is 10.9 Å². The highest BCUT2D eigenvalue weighted by molar-refractivity contribution is 5.86. The molecule has 0 spiro atoms. The fourth-order valence-corrected chi connectivity index (χ4v) is 1.85. The number of aromatic nitrogens is 1. The molecule has 2 rings (SSSR count). The Morgan fingerprint density at radius 1 is 1.22 bits per heavy atom. The molecule has 0 atom stereocenters. The summed E-state index contributed by atoms with van der Waals surface area (Å²) >= 11 is 0. The zero-order valence-electron chi connectivity index (χ0n) is 11.1. The molecular weight excluding hydrogens is 224 g/mol. The van der Waals surface area contributed by atoms with Crippen LogP contribution in [-0.4, -0.2) is 10.6 Å². The van der Waals surface area contributed by atoms with Crippen LogP contribution in [0.4, 0.5) is 0 Å². The molecule has 0 saturated heterocycles. The van der Waals surface area contributed by atoms with Crippen molar-refractivity contribution in [1.82, 2.24) is 4.98 Å². The largest absolute Gasteiger partial charge is 0.488 e. The molecule has 0 fully saturated rings. The summed E-state index contributed by atoms with van der Waals surface area (Å²) in [6.07, 6.45) is 0. The van der Waals surface area contributed by atoms with E-state index in [1.807, 2.05) is 45.9 Å². The fourth-order valence-electron chi connectivity index (χ4n) is 1.85. The van der Waals surface area contributed by atoms with Crippen LogP contribution in [0.15, 0.2) is 24.3 Å². The average Bonchev–Trinajstić information content (AvgIpc) is 2.26. The molecule has 0 bridgehead atoms. The minimum Gasteiger partial charge on any atom is -0.488 e. The first-order valence-corrected chi connectivity index (χ1v) is 5.89. The second kappa shape index (κ2) is 4.30. The van der Waals surface area contributed by atoms with E-state index in [1.165, 1.54) is 0 Å². The molecule has 0 saturated carbocycles. The van der Waals surface area contributed by atoms with Gasteiger partial charge >= 0.3 is 0 Å². The van der Waals surface area contributed by atoms with Gasteiger partial charge in [-0.3, -0.25) is 4.98 Å². The number of ether oxygens (including phenoxy) is 1. The highest BCUT2D eigenvalue weighted by Gasteiger charge is 2.13. The first kappa shape index (κ1) is 12.4. The van der Waals surface area contributed by atoms with Gasteiger partial charge in [0.25, 0.3) is 0 Å². The van der Waals surface area contributed by atoms with E-state index in [2.05, 4.69) is 11.1 Å². The standard InChI is InChI=1S/C15H16N2O/c1-10-7-11(9-16)13-8-12(18-15(2,3)4)5-6-14(13)17-10/h5-8H,1-4H3. The molecule has 0 amide bonds. The van der Waals surface area contributed by atoms with Gasteiger partial charge in [-0.25, -0.2) is 0 Å². The SMILES string of the molecule is Cc1cc(C#N)c2cc(OC(C)(C)C)ccc2n1. The van der Waals surface area contributed by atoms with Gasteiger partial charge in [0.15, 0.2) is 0 Å². The molecular formula is C15H16N2O. The molecule has 0 aliphatic rings. The van der Waals surface area contributed by atoms with Crippen molar-refractivity contribution in [2.75, 3.05) is 0 Å². The fraction of sp³-hybridized carbons (Fsp3) is 0.333. The Hall–Kier alpha value is -2.08. The maximum Gasteiger partial charge on any atom is 0.120 e. The minimum absolute atomic E-state index is 0.251. The van der Waals surface area contributed by atoms with Gasteiger partial charge in [0, 0.05) is 11.1 Å². The van der Waals surface area contributed by atoms with E-state index in [9.17, 15) is 0 Å². The molecule has 0 N–H and O–H groups in total. The van der Waals surface area contributed by atoms with Gasteiger partial charge in [-0.15, -0.1) is 0 Å². The highest BCUT2D eigenvalue weighted by Crippen LogP contribution is 2.25. The Balaban J connectivity index is 2.58. The lowest BCUT2D eigenvalue weighted by Gasteiger charge is -2.21. The van der Waals surface area contributed by atoms with Gasteiger partial charge in [-0.2, -0.15) is 5.26 Å². The lowest BCUT2D eigenvalue weighted by molar-refractivity contribution is 0.131. The lowest BCUT2D eigenvalue weighted by Crippen LogP contribution is -2.22. The molecule has 0 radical (unpaired) electrons. The van der Waals surface area contributed by atoms with E-state index in [-0.39, 0.29) is 5.60 Å². The Kier molecular flexibility index (Phi) is 2.96. The summed E-state index contributed by atoms with van der Waals surface area (Å²) in [5.74, 6) is 0.761. The molecule has 2 aromatic rings. The first-order chi connectivity index (χ1) is 8.39. The topological polar surface area (TPSA) is 45.9 Å². The van der Waals surface area contributed by atoms with Crippen molar-refractivity contribution < 1.29 is 4.74 Å². The maximum atomic E-state index is 9.16. The quantitative estimate of drug-likeness (QED) is 0.765. The lowest BCUT2D eigenvalue weighted by atomic mass is 10.1. The molecule has 0 aliphatic heterocycles. The number of hydrogen-bond donors (Lipinski definition) is 0. The average molecular weight is 240 g/mol. The number of rotatable bonds is 1. The molecule has 18 heavy (non-hydrogen) atoms. The van der Waals surface area contributed by atoms with Crippen LogP contribution in [0.3, 0.4) is 0 Å². The zero-order valence-corrected chi connectivity index (χ0v) is 11.1. The third-order valence-electron chi connectivity index (χ3n) is 2.45. The van der Waals surface area contributed by atoms with Gasteiger partial charge in [0.2, 0.25) is 0 Å². The summed E-state index contributed by atoms with van der Waals surface area (Å²) in [7, 11) is 0. The molecule has 1 heterocycles. The van der Waals surface area contributed by atoms with E-state index >= 15 is 0 Å². The van der Waals surface area contributed by atoms with Crippen molar-refractivity contribution in [1.29, 1.82) is 5.26 Å². The molecule has 0 unspecified atom stereocenters. The predicted molar refractivity (Wildman–Crippen MR) is 71.6 cm³/mol. The van der Waals surface area contributed by atoms with Crippen LogP contribution in [0.1, 0.15) is 32.0 Å². The van der Waals surface area contributed by atoms with Crippen LogP contribution < -0.4 is 4.74 Å². The van der Waals surface area contributed by atoms with Crippen LogP contribution in [0, 0.1) is 18.3 Å². The number of nitrogens with zero attached hydrogens (tertiary/aromatic N) is 2. The molecule has 0 aliphatic carbocycles. The Morgan fingerprint density at radius 2 is 1.94 bits per heavy atom. The summed E-state index contributed by atoms with van der Waals surface area (Å²) in [6, 6.07) is 9.66. The maximum absolute atomic E-state index is 9.16. The monoisotopic (exact) mass is 240 g/mol. The molecule has 1 aromatic heterocycles. The summed E-state index contributed by atoms with van der Waals surface area (Å²) < 4.78 is 5.80. The number of fused-ring (bicyclic) bond motifs is 1. The van der Waals surface area contributed by atoms with Crippen molar-refractivity contribution >= 4 is 10.9 Å². The number of benzene rings is 1. The Labute approximate surface area is 107 Å². The number of hydrogen-bond acceptors (Lipinski definition) is 3. The second-order valence-corrected chi connectivity index (χ2v) is 5.32. The molecule has 3 nitrogen and oxygen atoms in total. The highest BCUT2D eigenvalue weighted by atomic mass is 16.5. The van der Waals surface area contributed by atoms with Crippen LogP contribution >= 0.6 is 0 Å². The summed E-state index contributed by atoms with van der Waals surface area (Å²) in [6.45, 7) is 7.88. The number of aryl methyl sites for hydroxylation is 1. The minimum atomic E-state index is -0.251. The Morgan fingerprint density at radius 3 is 2.56 bits per heavy atom. The predicted octanol–water partition coefficient (Wildman–Crippen LogP) is 3.59. The smallest absolute Gasteiger partial charge is 0.120 e. The first-order valence-electron chi connectivity index (χ1n) is 5.89. The Bertz CT molecular complexity index is 633. The van der Waals surface area contributed by atoms with E-state index in [0.717, 1.165) is 22.3 Å². The van der Waals surface area contributed by atoms with Gasteiger partial charge in [-0.05, 0) is 52.0 Å². The molecule has 3 heteroatoms. The van der Waals surface area contributed by atoms with Crippen LogP contribution in [0.2, 0.25) is 0 Å². The van der Waals surface area contributed by atoms with Gasteiger partial charge in [-0.1, -0.05) is 0 Å². The van der Waals surface area contributed by atoms with Crippen molar-refractivity contribution in [2.45, 2.75) is 33.3 Å². The molecule has 92 valence electrons. The third kappa shape index (κ3) is 2.60. The number of pyridine rings is 1. The molecule has 1 aromatic carbocycles. The van der Waals surface area contributed by atoms with Crippen LogP contribution in [0.5, 0.6) is 5.75 Å².